The number of likely N-dealkylation sites (tertiary alicyclic amines) is 1. The van der Waals surface area contributed by atoms with Crippen molar-refractivity contribution in [2.75, 3.05) is 19.3 Å². The van der Waals surface area contributed by atoms with E-state index < -0.39 is 15.1 Å². The molecule has 4 nitrogen and oxygen atoms in total. The van der Waals surface area contributed by atoms with Crippen molar-refractivity contribution in [1.29, 1.82) is 0 Å². The summed E-state index contributed by atoms with van der Waals surface area (Å²) in [5.41, 5.74) is 2.20. The molecule has 25 heavy (non-hydrogen) atoms. The van der Waals surface area contributed by atoms with Crippen LogP contribution in [0, 0.1) is 0 Å². The third kappa shape index (κ3) is 4.28. The lowest BCUT2D eigenvalue weighted by Gasteiger charge is -2.22. The van der Waals surface area contributed by atoms with Crippen molar-refractivity contribution < 1.29 is 13.2 Å². The molecule has 1 aliphatic heterocycles. The standard InChI is InChI=1S/C20H23NO3S/c1-25(23,24)18-12-13-21(15-18)20(22)14-19(16-8-4-2-5-9-16)17-10-6-3-7-11-17/h2-11,18-19H,12-15H2,1H3. The molecule has 2 aromatic carbocycles. The fraction of sp³-hybridized carbons (Fsp3) is 0.350. The summed E-state index contributed by atoms with van der Waals surface area (Å²) in [5.74, 6) is -0.00367. The second kappa shape index (κ2) is 7.40. The largest absolute Gasteiger partial charge is 0.341 e. The maximum absolute atomic E-state index is 12.8. The third-order valence-corrected chi connectivity index (χ3v) is 6.48. The molecule has 2 aromatic rings. The van der Waals surface area contributed by atoms with E-state index in [1.165, 1.54) is 6.26 Å². The minimum atomic E-state index is -3.10. The zero-order valence-corrected chi connectivity index (χ0v) is 15.2. The SMILES string of the molecule is CS(=O)(=O)C1CCN(C(=O)CC(c2ccccc2)c2ccccc2)C1. The highest BCUT2D eigenvalue weighted by atomic mass is 32.2. The van der Waals surface area contributed by atoms with Crippen LogP contribution in [0.15, 0.2) is 60.7 Å². The van der Waals surface area contributed by atoms with Crippen molar-refractivity contribution in [3.05, 3.63) is 71.8 Å². The molecule has 1 amide bonds. The number of amides is 1. The summed E-state index contributed by atoms with van der Waals surface area (Å²) in [6, 6.07) is 20.0. The van der Waals surface area contributed by atoms with E-state index in [2.05, 4.69) is 0 Å². The van der Waals surface area contributed by atoms with Gasteiger partial charge in [-0.2, -0.15) is 0 Å². The minimum Gasteiger partial charge on any atom is -0.341 e. The van der Waals surface area contributed by atoms with Gasteiger partial charge in [0.2, 0.25) is 5.91 Å². The van der Waals surface area contributed by atoms with Gasteiger partial charge in [-0.3, -0.25) is 4.79 Å². The van der Waals surface area contributed by atoms with Crippen LogP contribution in [0.1, 0.15) is 29.9 Å². The van der Waals surface area contributed by atoms with Gasteiger partial charge in [-0.05, 0) is 17.5 Å². The Balaban J connectivity index is 1.78. The molecule has 3 rings (SSSR count). The van der Waals surface area contributed by atoms with E-state index in [1.807, 2.05) is 60.7 Å². The van der Waals surface area contributed by atoms with Gasteiger partial charge >= 0.3 is 0 Å². The number of sulfone groups is 1. The highest BCUT2D eigenvalue weighted by Gasteiger charge is 2.33. The molecule has 0 saturated carbocycles. The van der Waals surface area contributed by atoms with Crippen molar-refractivity contribution in [1.82, 2.24) is 4.90 Å². The quantitative estimate of drug-likeness (QED) is 0.827. The first-order chi connectivity index (χ1) is 11.9. The van der Waals surface area contributed by atoms with Crippen molar-refractivity contribution in [3.8, 4) is 0 Å². The Morgan fingerprint density at radius 1 is 1.04 bits per heavy atom. The Labute approximate surface area is 149 Å². The van der Waals surface area contributed by atoms with Crippen molar-refractivity contribution >= 4 is 15.7 Å². The van der Waals surface area contributed by atoms with Crippen molar-refractivity contribution in [2.24, 2.45) is 0 Å². The Morgan fingerprint density at radius 2 is 1.56 bits per heavy atom. The van der Waals surface area contributed by atoms with Crippen molar-refractivity contribution in [2.45, 2.75) is 24.0 Å². The molecule has 1 fully saturated rings. The van der Waals surface area contributed by atoms with Crippen LogP contribution in [0.5, 0.6) is 0 Å². The number of hydrogen-bond donors (Lipinski definition) is 0. The predicted molar refractivity (Wildman–Crippen MR) is 99.2 cm³/mol. The molecule has 1 unspecified atom stereocenters. The molecule has 0 bridgehead atoms. The monoisotopic (exact) mass is 357 g/mol. The molecule has 1 saturated heterocycles. The first-order valence-electron chi connectivity index (χ1n) is 8.51. The number of carbonyl (C=O) groups is 1. The molecule has 1 atom stereocenters. The number of nitrogens with zero attached hydrogens (tertiary/aromatic N) is 1. The normalized spacial score (nSPS) is 17.8. The van der Waals surface area contributed by atoms with E-state index in [9.17, 15) is 13.2 Å². The molecule has 1 heterocycles. The lowest BCUT2D eigenvalue weighted by molar-refractivity contribution is -0.130. The van der Waals surface area contributed by atoms with E-state index in [1.54, 1.807) is 4.90 Å². The van der Waals surface area contributed by atoms with Crippen LogP contribution >= 0.6 is 0 Å². The average molecular weight is 357 g/mol. The Morgan fingerprint density at radius 3 is 2.00 bits per heavy atom. The summed E-state index contributed by atoms with van der Waals surface area (Å²) in [5, 5.41) is -0.427. The van der Waals surface area contributed by atoms with E-state index >= 15 is 0 Å². The molecule has 5 heteroatoms. The summed E-state index contributed by atoms with van der Waals surface area (Å²) in [6.45, 7) is 0.834. The third-order valence-electron chi connectivity index (χ3n) is 4.89. The van der Waals surface area contributed by atoms with E-state index in [0.717, 1.165) is 11.1 Å². The lowest BCUT2D eigenvalue weighted by atomic mass is 9.88. The summed E-state index contributed by atoms with van der Waals surface area (Å²) < 4.78 is 23.5. The smallest absolute Gasteiger partial charge is 0.223 e. The number of hydrogen-bond acceptors (Lipinski definition) is 3. The maximum Gasteiger partial charge on any atom is 0.223 e. The number of rotatable bonds is 5. The number of carbonyl (C=O) groups excluding carboxylic acids is 1. The lowest BCUT2D eigenvalue weighted by Crippen LogP contribution is -2.32. The van der Waals surface area contributed by atoms with Gasteiger partial charge in [0.05, 0.1) is 5.25 Å². The van der Waals surface area contributed by atoms with Crippen LogP contribution in [-0.4, -0.2) is 43.8 Å². The zero-order valence-electron chi connectivity index (χ0n) is 14.3. The van der Waals surface area contributed by atoms with Gasteiger partial charge in [-0.15, -0.1) is 0 Å². The van der Waals surface area contributed by atoms with Crippen LogP contribution in [0.2, 0.25) is 0 Å². The van der Waals surface area contributed by atoms with Crippen LogP contribution in [-0.2, 0) is 14.6 Å². The average Bonchev–Trinajstić information content (AvgIpc) is 3.12. The van der Waals surface area contributed by atoms with Crippen molar-refractivity contribution in [3.63, 3.8) is 0 Å². The summed E-state index contributed by atoms with van der Waals surface area (Å²) in [7, 11) is -3.10. The molecular weight excluding hydrogens is 334 g/mol. The number of benzene rings is 2. The molecule has 0 aromatic heterocycles. The fourth-order valence-electron chi connectivity index (χ4n) is 3.41. The van der Waals surface area contributed by atoms with Gasteiger partial charge in [0.1, 0.15) is 0 Å². The van der Waals surface area contributed by atoms with E-state index in [0.29, 0.717) is 25.9 Å². The zero-order chi connectivity index (χ0) is 17.9. The highest BCUT2D eigenvalue weighted by Crippen LogP contribution is 2.29. The van der Waals surface area contributed by atoms with Crippen LogP contribution in [0.3, 0.4) is 0 Å². The molecule has 132 valence electrons. The molecule has 0 aliphatic carbocycles. The molecule has 0 spiro atoms. The summed E-state index contributed by atoms with van der Waals surface area (Å²) in [6.07, 6.45) is 2.14. The fourth-order valence-corrected chi connectivity index (χ4v) is 4.39. The topological polar surface area (TPSA) is 54.5 Å². The minimum absolute atomic E-state index is 0.0175. The van der Waals surface area contributed by atoms with Gasteiger partial charge in [0.25, 0.3) is 0 Å². The molecular formula is C20H23NO3S. The second-order valence-corrected chi connectivity index (χ2v) is 8.98. The Kier molecular flexibility index (Phi) is 5.23. The second-order valence-electron chi connectivity index (χ2n) is 6.66. The summed E-state index contributed by atoms with van der Waals surface area (Å²) >= 11 is 0. The highest BCUT2D eigenvalue weighted by molar-refractivity contribution is 7.91. The van der Waals surface area contributed by atoms with Gasteiger partial charge in [0.15, 0.2) is 9.84 Å². The summed E-state index contributed by atoms with van der Waals surface area (Å²) in [4.78, 5) is 14.5. The van der Waals surface area contributed by atoms with Gasteiger partial charge in [0, 0.05) is 31.7 Å². The first kappa shape index (κ1) is 17.7. The first-order valence-corrected chi connectivity index (χ1v) is 10.5. The van der Waals surface area contributed by atoms with Crippen LogP contribution in [0.4, 0.5) is 0 Å². The Bertz CT molecular complexity index is 779. The van der Waals surface area contributed by atoms with Gasteiger partial charge in [-0.25, -0.2) is 8.42 Å². The van der Waals surface area contributed by atoms with Crippen LogP contribution < -0.4 is 0 Å². The van der Waals surface area contributed by atoms with Gasteiger partial charge < -0.3 is 4.90 Å². The predicted octanol–water partition coefficient (Wildman–Crippen LogP) is 2.85. The van der Waals surface area contributed by atoms with E-state index in [4.69, 9.17) is 0 Å². The maximum atomic E-state index is 12.8. The molecule has 0 N–H and O–H groups in total. The van der Waals surface area contributed by atoms with Crippen LogP contribution in [0.25, 0.3) is 0 Å². The van der Waals surface area contributed by atoms with E-state index in [-0.39, 0.29) is 11.8 Å². The molecule has 1 aliphatic rings. The Hall–Kier alpha value is -2.14. The molecule has 0 radical (unpaired) electrons. The van der Waals surface area contributed by atoms with Gasteiger partial charge in [-0.1, -0.05) is 60.7 Å².